The van der Waals surface area contributed by atoms with E-state index in [9.17, 15) is 8.78 Å². The van der Waals surface area contributed by atoms with Crippen LogP contribution in [0.25, 0.3) is 0 Å². The summed E-state index contributed by atoms with van der Waals surface area (Å²) in [6.45, 7) is 9.11. The molecule has 138 valence electrons. The van der Waals surface area contributed by atoms with Gasteiger partial charge in [-0.15, -0.1) is 0 Å². The van der Waals surface area contributed by atoms with Crippen LogP contribution in [0.2, 0.25) is 0 Å². The van der Waals surface area contributed by atoms with Crippen LogP contribution in [0.3, 0.4) is 0 Å². The first-order chi connectivity index (χ1) is 11.4. The molecule has 0 N–H and O–H groups in total. The molecule has 0 saturated carbocycles. The van der Waals surface area contributed by atoms with Gasteiger partial charge in [-0.05, 0) is 57.2 Å². The number of hydrogen-bond acceptors (Lipinski definition) is 1. The van der Waals surface area contributed by atoms with Gasteiger partial charge in [-0.25, -0.2) is 8.78 Å². The molecule has 0 aromatic heterocycles. The van der Waals surface area contributed by atoms with Gasteiger partial charge in [-0.3, -0.25) is 0 Å². The van der Waals surface area contributed by atoms with Crippen LogP contribution in [0.1, 0.15) is 78.2 Å². The lowest BCUT2D eigenvalue weighted by Crippen LogP contribution is -2.36. The number of hydrogen-bond donors (Lipinski definition) is 0. The second-order valence-electron chi connectivity index (χ2n) is 7.24. The molecule has 1 aromatic rings. The van der Waals surface area contributed by atoms with Crippen molar-refractivity contribution in [3.8, 4) is 0 Å². The molecule has 0 aliphatic rings. The molecule has 0 heterocycles. The lowest BCUT2D eigenvalue weighted by atomic mass is 9.81. The molecule has 0 radical (unpaired) electrons. The smallest absolute Gasteiger partial charge is 0.159 e. The highest BCUT2D eigenvalue weighted by atomic mass is 19.2. The number of rotatable bonds is 12. The Balaban J connectivity index is 2.65. The summed E-state index contributed by atoms with van der Waals surface area (Å²) in [6, 6.07) is 4.24. The minimum absolute atomic E-state index is 0.261. The van der Waals surface area contributed by atoms with Crippen LogP contribution in [0, 0.1) is 17.6 Å². The fraction of sp³-hybridized carbons (Fsp3) is 0.714. The molecule has 0 spiro atoms. The molecule has 0 bridgehead atoms. The van der Waals surface area contributed by atoms with Crippen molar-refractivity contribution in [2.45, 2.75) is 84.7 Å². The van der Waals surface area contributed by atoms with Gasteiger partial charge < -0.3 is 4.74 Å². The molecule has 3 heteroatoms. The van der Waals surface area contributed by atoms with Crippen molar-refractivity contribution in [2.24, 2.45) is 5.92 Å². The highest BCUT2D eigenvalue weighted by molar-refractivity contribution is 5.18. The zero-order valence-electron chi connectivity index (χ0n) is 15.8. The van der Waals surface area contributed by atoms with E-state index in [0.29, 0.717) is 12.5 Å². The van der Waals surface area contributed by atoms with E-state index in [0.717, 1.165) is 24.8 Å². The monoisotopic (exact) mass is 340 g/mol. The van der Waals surface area contributed by atoms with E-state index in [1.54, 1.807) is 6.07 Å². The fourth-order valence-corrected chi connectivity index (χ4v) is 3.31. The summed E-state index contributed by atoms with van der Waals surface area (Å²) in [5.74, 6) is -1.25. The van der Waals surface area contributed by atoms with E-state index in [1.165, 1.54) is 44.2 Å². The minimum Gasteiger partial charge on any atom is -0.376 e. The van der Waals surface area contributed by atoms with Crippen LogP contribution in [0.15, 0.2) is 18.2 Å². The molecule has 1 nitrogen and oxygen atoms in total. The van der Waals surface area contributed by atoms with Crippen LogP contribution in [0.5, 0.6) is 0 Å². The molecule has 0 amide bonds. The predicted molar refractivity (Wildman–Crippen MR) is 97.3 cm³/mol. The molecule has 1 atom stereocenters. The maximum Gasteiger partial charge on any atom is 0.159 e. The maximum atomic E-state index is 13.5. The van der Waals surface area contributed by atoms with Gasteiger partial charge in [0.25, 0.3) is 0 Å². The van der Waals surface area contributed by atoms with Gasteiger partial charge >= 0.3 is 0 Å². The fourth-order valence-electron chi connectivity index (χ4n) is 3.31. The van der Waals surface area contributed by atoms with Crippen molar-refractivity contribution < 1.29 is 13.5 Å². The van der Waals surface area contributed by atoms with Crippen LogP contribution in [-0.2, 0) is 11.2 Å². The van der Waals surface area contributed by atoms with Gasteiger partial charge in [0.2, 0.25) is 0 Å². The van der Waals surface area contributed by atoms with E-state index in [2.05, 4.69) is 20.8 Å². The summed E-state index contributed by atoms with van der Waals surface area (Å²) in [7, 11) is 0. The summed E-state index contributed by atoms with van der Waals surface area (Å²) in [5.41, 5.74) is 0.584. The highest BCUT2D eigenvalue weighted by Gasteiger charge is 2.29. The average molecular weight is 340 g/mol. The second kappa shape index (κ2) is 10.8. The van der Waals surface area contributed by atoms with E-state index < -0.39 is 11.6 Å². The van der Waals surface area contributed by atoms with E-state index in [1.807, 2.05) is 6.92 Å². The first kappa shape index (κ1) is 21.1. The van der Waals surface area contributed by atoms with Crippen molar-refractivity contribution in [3.63, 3.8) is 0 Å². The lowest BCUT2D eigenvalue weighted by molar-refractivity contribution is -0.0574. The standard InChI is InChI=1S/C21H34F2O/c1-5-7-8-9-10-11-12-18(21(3,4)24-6-2)15-17-13-14-19(22)20(23)16-17/h13-14,16,18H,5-12,15H2,1-4H3. The average Bonchev–Trinajstić information content (AvgIpc) is 2.52. The molecule has 1 aromatic carbocycles. The summed E-state index contributed by atoms with van der Waals surface area (Å²) in [4.78, 5) is 0. The Morgan fingerprint density at radius 1 is 0.958 bits per heavy atom. The molecule has 0 saturated heterocycles. The summed E-state index contributed by atoms with van der Waals surface area (Å²) < 4.78 is 32.6. The highest BCUT2D eigenvalue weighted by Crippen LogP contribution is 2.30. The molecular weight excluding hydrogens is 306 g/mol. The largest absolute Gasteiger partial charge is 0.376 e. The third kappa shape index (κ3) is 7.29. The summed E-state index contributed by atoms with van der Waals surface area (Å²) >= 11 is 0. The first-order valence-corrected chi connectivity index (χ1v) is 9.48. The first-order valence-electron chi connectivity index (χ1n) is 9.48. The van der Waals surface area contributed by atoms with Gasteiger partial charge in [0.1, 0.15) is 0 Å². The Morgan fingerprint density at radius 3 is 2.25 bits per heavy atom. The summed E-state index contributed by atoms with van der Waals surface area (Å²) in [6.07, 6.45) is 9.32. The van der Waals surface area contributed by atoms with Crippen molar-refractivity contribution in [1.29, 1.82) is 0 Å². The zero-order valence-corrected chi connectivity index (χ0v) is 15.8. The molecule has 1 unspecified atom stereocenters. The topological polar surface area (TPSA) is 9.23 Å². The quantitative estimate of drug-likeness (QED) is 0.385. The number of halogens is 2. The SMILES string of the molecule is CCCCCCCCC(Cc1ccc(F)c(F)c1)C(C)(C)OCC. The molecule has 0 aliphatic heterocycles. The molecule has 24 heavy (non-hydrogen) atoms. The van der Waals surface area contributed by atoms with E-state index >= 15 is 0 Å². The lowest BCUT2D eigenvalue weighted by Gasteiger charge is -2.34. The Labute approximate surface area is 146 Å². The second-order valence-corrected chi connectivity index (χ2v) is 7.24. The van der Waals surface area contributed by atoms with Gasteiger partial charge in [-0.2, -0.15) is 0 Å². The van der Waals surface area contributed by atoms with Crippen molar-refractivity contribution >= 4 is 0 Å². The van der Waals surface area contributed by atoms with Gasteiger partial charge in [0.05, 0.1) is 5.60 Å². The third-order valence-corrected chi connectivity index (χ3v) is 4.87. The maximum absolute atomic E-state index is 13.5. The van der Waals surface area contributed by atoms with E-state index in [4.69, 9.17) is 4.74 Å². The molecule has 1 rings (SSSR count). The Bertz CT molecular complexity index is 471. The van der Waals surface area contributed by atoms with Crippen molar-refractivity contribution in [2.75, 3.05) is 6.61 Å². The molecule has 0 aliphatic carbocycles. The summed E-state index contributed by atoms with van der Waals surface area (Å²) in [5, 5.41) is 0. The Kier molecular flexibility index (Phi) is 9.50. The molecule has 0 fully saturated rings. The number of ether oxygens (including phenoxy) is 1. The van der Waals surface area contributed by atoms with Crippen LogP contribution in [-0.4, -0.2) is 12.2 Å². The van der Waals surface area contributed by atoms with Gasteiger partial charge in [0, 0.05) is 6.61 Å². The zero-order chi connectivity index (χ0) is 18.0. The van der Waals surface area contributed by atoms with Crippen LogP contribution >= 0.6 is 0 Å². The minimum atomic E-state index is -0.782. The van der Waals surface area contributed by atoms with Gasteiger partial charge in [0.15, 0.2) is 11.6 Å². The molecular formula is C21H34F2O. The third-order valence-electron chi connectivity index (χ3n) is 4.87. The normalized spacial score (nSPS) is 13.2. The van der Waals surface area contributed by atoms with Crippen LogP contribution < -0.4 is 0 Å². The number of unbranched alkanes of at least 4 members (excludes halogenated alkanes) is 5. The predicted octanol–water partition coefficient (Wildman–Crippen LogP) is 6.69. The van der Waals surface area contributed by atoms with E-state index in [-0.39, 0.29) is 5.60 Å². The van der Waals surface area contributed by atoms with Crippen molar-refractivity contribution in [3.05, 3.63) is 35.4 Å². The Morgan fingerprint density at radius 2 is 1.62 bits per heavy atom. The van der Waals surface area contributed by atoms with Crippen LogP contribution in [0.4, 0.5) is 8.78 Å². The Hall–Kier alpha value is -0.960. The van der Waals surface area contributed by atoms with Crippen molar-refractivity contribution in [1.82, 2.24) is 0 Å². The number of benzene rings is 1. The van der Waals surface area contributed by atoms with Gasteiger partial charge in [-0.1, -0.05) is 51.5 Å².